The Morgan fingerprint density at radius 3 is 2.79 bits per heavy atom. The number of nitrogens with one attached hydrogen (secondary N) is 2. The van der Waals surface area contributed by atoms with Crippen LogP contribution in [0.25, 0.3) is 6.08 Å². The zero-order valence-electron chi connectivity index (χ0n) is 16.8. The zero-order chi connectivity index (χ0) is 20.0. The van der Waals surface area contributed by atoms with Gasteiger partial charge in [0.1, 0.15) is 0 Å². The number of fused-ring (bicyclic) bond motifs is 1. The molecule has 2 unspecified atom stereocenters. The van der Waals surface area contributed by atoms with Gasteiger partial charge in [-0.05, 0) is 31.2 Å². The van der Waals surface area contributed by atoms with Gasteiger partial charge in [-0.3, -0.25) is 14.5 Å². The van der Waals surface area contributed by atoms with Crippen molar-refractivity contribution in [1.82, 2.24) is 15.5 Å². The third-order valence-electron chi connectivity index (χ3n) is 6.01. The number of hydrogen-bond donors (Lipinski definition) is 2. The Balaban J connectivity index is 1.59. The maximum atomic E-state index is 12.1. The van der Waals surface area contributed by atoms with Crippen molar-refractivity contribution in [2.45, 2.75) is 50.3 Å². The summed E-state index contributed by atoms with van der Waals surface area (Å²) in [5.74, 6) is -0.317. The van der Waals surface area contributed by atoms with E-state index in [1.807, 2.05) is 25.3 Å². The molecule has 0 spiro atoms. The van der Waals surface area contributed by atoms with Crippen LogP contribution < -0.4 is 10.6 Å². The molecule has 28 heavy (non-hydrogen) atoms. The quantitative estimate of drug-likeness (QED) is 0.753. The van der Waals surface area contributed by atoms with Gasteiger partial charge in [0, 0.05) is 39.2 Å². The molecule has 1 aromatic rings. The number of amides is 2. The smallest absolute Gasteiger partial charge is 0.239 e. The Kier molecular flexibility index (Phi) is 6.86. The lowest BCUT2D eigenvalue weighted by atomic mass is 9.78. The van der Waals surface area contributed by atoms with E-state index in [1.165, 1.54) is 12.5 Å². The molecule has 1 aromatic carbocycles. The average molecular weight is 386 g/mol. The molecular formula is C22H31N3O3. The Morgan fingerprint density at radius 1 is 1.29 bits per heavy atom. The summed E-state index contributed by atoms with van der Waals surface area (Å²) in [4.78, 5) is 25.5. The second-order valence-corrected chi connectivity index (χ2v) is 7.79. The van der Waals surface area contributed by atoms with Gasteiger partial charge in [-0.15, -0.1) is 0 Å². The number of benzene rings is 1. The third kappa shape index (κ3) is 5.00. The maximum absolute atomic E-state index is 12.1. The van der Waals surface area contributed by atoms with Crippen LogP contribution in [0.4, 0.5) is 0 Å². The Morgan fingerprint density at radius 2 is 2.07 bits per heavy atom. The molecule has 6 heteroatoms. The normalized spacial score (nSPS) is 27.5. The van der Waals surface area contributed by atoms with Gasteiger partial charge in [-0.25, -0.2) is 0 Å². The lowest BCUT2D eigenvalue weighted by Crippen LogP contribution is -2.55. The van der Waals surface area contributed by atoms with E-state index in [2.05, 4.69) is 39.8 Å². The highest BCUT2D eigenvalue weighted by atomic mass is 16.5. The lowest BCUT2D eigenvalue weighted by molar-refractivity contribution is -0.126. The number of hydrogen-bond acceptors (Lipinski definition) is 4. The first-order valence-electron chi connectivity index (χ1n) is 10.1. The minimum Gasteiger partial charge on any atom is -0.377 e. The fourth-order valence-electron chi connectivity index (χ4n) is 4.51. The summed E-state index contributed by atoms with van der Waals surface area (Å²) < 4.78 is 5.99. The first-order valence-corrected chi connectivity index (χ1v) is 10.1. The summed E-state index contributed by atoms with van der Waals surface area (Å²) in [6.07, 6.45) is 8.11. The monoisotopic (exact) mass is 385 g/mol. The summed E-state index contributed by atoms with van der Waals surface area (Å²) in [7, 11) is 1.81. The van der Waals surface area contributed by atoms with Crippen LogP contribution >= 0.6 is 0 Å². The van der Waals surface area contributed by atoms with Gasteiger partial charge < -0.3 is 15.4 Å². The number of carbonyl (C=O) groups is 2. The highest BCUT2D eigenvalue weighted by Crippen LogP contribution is 2.42. The molecule has 152 valence electrons. The average Bonchev–Trinajstić information content (AvgIpc) is 3.06. The highest BCUT2D eigenvalue weighted by Gasteiger charge is 2.50. The van der Waals surface area contributed by atoms with Crippen LogP contribution in [0.5, 0.6) is 0 Å². The first-order chi connectivity index (χ1) is 13.5. The van der Waals surface area contributed by atoms with E-state index in [0.29, 0.717) is 0 Å². The predicted molar refractivity (Wildman–Crippen MR) is 110 cm³/mol. The Labute approximate surface area is 167 Å². The van der Waals surface area contributed by atoms with Gasteiger partial charge in [0.2, 0.25) is 11.8 Å². The van der Waals surface area contributed by atoms with Crippen LogP contribution in [0.2, 0.25) is 0 Å². The van der Waals surface area contributed by atoms with Crippen molar-refractivity contribution in [3.8, 4) is 0 Å². The largest absolute Gasteiger partial charge is 0.377 e. The van der Waals surface area contributed by atoms with Gasteiger partial charge >= 0.3 is 0 Å². The standard InChI is InChI=1S/C22H31N3O3/c1-17(26)23-16-21(27)24-19-10-11-22(28-2)12-14-25(20(22)15-19)13-6-9-18-7-4-3-5-8-18/h3-9,19-20H,10-16H2,1-2H3,(H,23,26)(H,24,27)/t19?,20?,22-/m1/s1. The summed E-state index contributed by atoms with van der Waals surface area (Å²) in [5.41, 5.74) is 1.09. The molecule has 0 bridgehead atoms. The van der Waals surface area contributed by atoms with Crippen molar-refractivity contribution < 1.29 is 14.3 Å². The molecule has 0 aromatic heterocycles. The van der Waals surface area contributed by atoms with Crippen molar-refractivity contribution in [2.75, 3.05) is 26.7 Å². The van der Waals surface area contributed by atoms with E-state index in [4.69, 9.17) is 4.74 Å². The second-order valence-electron chi connectivity index (χ2n) is 7.79. The topological polar surface area (TPSA) is 70.7 Å². The zero-order valence-corrected chi connectivity index (χ0v) is 16.8. The summed E-state index contributed by atoms with van der Waals surface area (Å²) in [6, 6.07) is 10.7. The van der Waals surface area contributed by atoms with Gasteiger partial charge in [0.15, 0.2) is 0 Å². The fourth-order valence-corrected chi connectivity index (χ4v) is 4.51. The van der Waals surface area contributed by atoms with E-state index < -0.39 is 0 Å². The molecule has 2 amide bonds. The molecule has 1 aliphatic heterocycles. The fraction of sp³-hybridized carbons (Fsp3) is 0.545. The minimum atomic E-state index is -0.190. The van der Waals surface area contributed by atoms with Crippen LogP contribution in [-0.2, 0) is 14.3 Å². The van der Waals surface area contributed by atoms with Crippen molar-refractivity contribution in [1.29, 1.82) is 0 Å². The molecule has 1 saturated carbocycles. The van der Waals surface area contributed by atoms with Crippen LogP contribution in [-0.4, -0.2) is 61.1 Å². The molecule has 1 heterocycles. The molecular weight excluding hydrogens is 354 g/mol. The Hall–Kier alpha value is -2.18. The highest BCUT2D eigenvalue weighted by molar-refractivity contribution is 5.83. The number of carbonyl (C=O) groups excluding carboxylic acids is 2. The minimum absolute atomic E-state index is 0.0372. The predicted octanol–water partition coefficient (Wildman–Crippen LogP) is 1.96. The molecule has 6 nitrogen and oxygen atoms in total. The molecule has 0 radical (unpaired) electrons. The van der Waals surface area contributed by atoms with E-state index >= 15 is 0 Å². The molecule has 3 atom stereocenters. The van der Waals surface area contributed by atoms with Crippen LogP contribution in [0, 0.1) is 0 Å². The van der Waals surface area contributed by atoms with E-state index in [0.717, 1.165) is 38.8 Å². The maximum Gasteiger partial charge on any atom is 0.239 e. The van der Waals surface area contributed by atoms with E-state index in [-0.39, 0.29) is 36.0 Å². The summed E-state index contributed by atoms with van der Waals surface area (Å²) in [6.45, 7) is 3.33. The number of nitrogens with zero attached hydrogens (tertiary/aromatic N) is 1. The van der Waals surface area contributed by atoms with Crippen molar-refractivity contribution in [3.63, 3.8) is 0 Å². The van der Waals surface area contributed by atoms with Gasteiger partial charge in [0.25, 0.3) is 0 Å². The number of likely N-dealkylation sites (tertiary alicyclic amines) is 1. The molecule has 3 rings (SSSR count). The van der Waals surface area contributed by atoms with Gasteiger partial charge in [-0.2, -0.15) is 0 Å². The lowest BCUT2D eigenvalue weighted by Gasteiger charge is -2.43. The van der Waals surface area contributed by atoms with Crippen LogP contribution in [0.3, 0.4) is 0 Å². The van der Waals surface area contributed by atoms with Crippen LogP contribution in [0.15, 0.2) is 36.4 Å². The molecule has 2 aliphatic rings. The van der Waals surface area contributed by atoms with Gasteiger partial charge in [0.05, 0.1) is 12.1 Å². The third-order valence-corrected chi connectivity index (χ3v) is 6.01. The summed E-state index contributed by atoms with van der Waals surface area (Å²) in [5, 5.41) is 5.63. The van der Waals surface area contributed by atoms with Crippen molar-refractivity contribution in [3.05, 3.63) is 42.0 Å². The van der Waals surface area contributed by atoms with E-state index in [9.17, 15) is 9.59 Å². The molecule has 1 aliphatic carbocycles. The molecule has 2 fully saturated rings. The van der Waals surface area contributed by atoms with Crippen molar-refractivity contribution in [2.24, 2.45) is 0 Å². The second kappa shape index (κ2) is 9.34. The number of methoxy groups -OCH3 is 1. The molecule has 1 saturated heterocycles. The number of ether oxygens (including phenoxy) is 1. The van der Waals surface area contributed by atoms with Crippen LogP contribution in [0.1, 0.15) is 38.2 Å². The Bertz CT molecular complexity index is 706. The van der Waals surface area contributed by atoms with E-state index in [1.54, 1.807) is 0 Å². The molecule has 2 N–H and O–H groups in total. The SMILES string of the molecule is CO[C@@]12CCC(NC(=O)CNC(C)=O)CC1N(CC=Cc1ccccc1)CC2. The summed E-state index contributed by atoms with van der Waals surface area (Å²) >= 11 is 0. The van der Waals surface area contributed by atoms with Gasteiger partial charge in [-0.1, -0.05) is 42.5 Å². The first kappa shape index (κ1) is 20.6. The number of rotatable bonds is 7. The van der Waals surface area contributed by atoms with Crippen molar-refractivity contribution >= 4 is 17.9 Å².